The minimum Gasteiger partial charge on any atom is -0.307 e. The van der Waals surface area contributed by atoms with Crippen molar-refractivity contribution in [3.8, 4) is 0 Å². The molecule has 0 radical (unpaired) electrons. The summed E-state index contributed by atoms with van der Waals surface area (Å²) >= 11 is 2.02. The van der Waals surface area contributed by atoms with Gasteiger partial charge < -0.3 is 5.32 Å². The first kappa shape index (κ1) is 8.97. The van der Waals surface area contributed by atoms with Crippen LogP contribution in [0.5, 0.6) is 0 Å². The summed E-state index contributed by atoms with van der Waals surface area (Å²) in [6.45, 7) is 0.846. The van der Waals surface area contributed by atoms with Crippen molar-refractivity contribution in [1.29, 1.82) is 0 Å². The maximum Gasteiger partial charge on any atom is 0.0724 e. The lowest BCUT2D eigenvalue weighted by Gasteiger charge is -2.09. The number of rotatable bonds is 3. The van der Waals surface area contributed by atoms with Crippen molar-refractivity contribution in [1.82, 2.24) is 15.3 Å². The fraction of sp³-hybridized carbons (Fsp3) is 0.556. The molecule has 1 aliphatic heterocycles. The monoisotopic (exact) mass is 195 g/mol. The Morgan fingerprint density at radius 2 is 2.54 bits per heavy atom. The molecule has 1 N–H and O–H groups in total. The number of aromatic nitrogens is 2. The molecule has 1 atom stereocenters. The van der Waals surface area contributed by atoms with Gasteiger partial charge in [-0.15, -0.1) is 0 Å². The second-order valence-electron chi connectivity index (χ2n) is 3.14. The van der Waals surface area contributed by atoms with Crippen LogP contribution in [0.15, 0.2) is 18.6 Å². The molecule has 1 aromatic heterocycles. The van der Waals surface area contributed by atoms with Crippen molar-refractivity contribution < 1.29 is 0 Å². The molecule has 1 aromatic rings. The Bertz CT molecular complexity index is 246. The molecule has 1 unspecified atom stereocenters. The summed E-state index contributed by atoms with van der Waals surface area (Å²) in [5.74, 6) is 2.53. The van der Waals surface area contributed by atoms with Crippen LogP contribution in [0.4, 0.5) is 0 Å². The third-order valence-electron chi connectivity index (χ3n) is 2.12. The molecule has 2 heterocycles. The Labute approximate surface area is 82.4 Å². The maximum absolute atomic E-state index is 4.21. The van der Waals surface area contributed by atoms with E-state index < -0.39 is 0 Å². The van der Waals surface area contributed by atoms with E-state index in [4.69, 9.17) is 0 Å². The third kappa shape index (κ3) is 2.67. The molecule has 70 valence electrons. The second-order valence-corrected chi connectivity index (χ2v) is 4.29. The van der Waals surface area contributed by atoms with Crippen LogP contribution in [0, 0.1) is 0 Å². The third-order valence-corrected chi connectivity index (χ3v) is 3.28. The standard InChI is InChI=1S/C9H13N3S/c1-4-13-7-8(1)12-6-9-5-10-2-3-11-9/h2-3,5,8,12H,1,4,6-7H2. The number of nitrogens with zero attached hydrogens (tertiary/aromatic N) is 2. The Morgan fingerprint density at radius 3 is 3.23 bits per heavy atom. The summed E-state index contributed by atoms with van der Waals surface area (Å²) in [6.07, 6.45) is 6.54. The molecular weight excluding hydrogens is 182 g/mol. The van der Waals surface area contributed by atoms with E-state index >= 15 is 0 Å². The first-order valence-electron chi connectivity index (χ1n) is 4.51. The van der Waals surface area contributed by atoms with E-state index in [1.165, 1.54) is 17.9 Å². The van der Waals surface area contributed by atoms with Gasteiger partial charge in [0.15, 0.2) is 0 Å². The molecule has 0 saturated carbocycles. The van der Waals surface area contributed by atoms with Crippen LogP contribution in [0.2, 0.25) is 0 Å². The summed E-state index contributed by atoms with van der Waals surface area (Å²) in [5, 5.41) is 3.47. The van der Waals surface area contributed by atoms with Crippen molar-refractivity contribution in [2.24, 2.45) is 0 Å². The van der Waals surface area contributed by atoms with Gasteiger partial charge in [0.1, 0.15) is 0 Å². The number of hydrogen-bond acceptors (Lipinski definition) is 4. The van der Waals surface area contributed by atoms with Crippen LogP contribution in [-0.4, -0.2) is 27.5 Å². The lowest BCUT2D eigenvalue weighted by molar-refractivity contribution is 0.551. The van der Waals surface area contributed by atoms with Gasteiger partial charge in [0.25, 0.3) is 0 Å². The molecular formula is C9H13N3S. The molecule has 0 amide bonds. The predicted octanol–water partition coefficient (Wildman–Crippen LogP) is 1.07. The van der Waals surface area contributed by atoms with Crippen LogP contribution in [0.1, 0.15) is 12.1 Å². The first-order valence-corrected chi connectivity index (χ1v) is 5.66. The zero-order valence-electron chi connectivity index (χ0n) is 7.44. The van der Waals surface area contributed by atoms with Crippen LogP contribution in [-0.2, 0) is 6.54 Å². The van der Waals surface area contributed by atoms with Crippen LogP contribution in [0.3, 0.4) is 0 Å². The second kappa shape index (κ2) is 4.58. The molecule has 1 aliphatic rings. The predicted molar refractivity (Wildman–Crippen MR) is 54.6 cm³/mol. The number of nitrogens with one attached hydrogen (secondary N) is 1. The van der Waals surface area contributed by atoms with Gasteiger partial charge >= 0.3 is 0 Å². The highest BCUT2D eigenvalue weighted by atomic mass is 32.2. The Hall–Kier alpha value is -0.610. The van der Waals surface area contributed by atoms with Crippen molar-refractivity contribution in [2.45, 2.75) is 19.0 Å². The number of hydrogen-bond donors (Lipinski definition) is 1. The van der Waals surface area contributed by atoms with E-state index in [1.54, 1.807) is 12.4 Å². The Balaban J connectivity index is 1.79. The van der Waals surface area contributed by atoms with Gasteiger partial charge in [0.05, 0.1) is 5.69 Å². The molecule has 0 aliphatic carbocycles. The smallest absolute Gasteiger partial charge is 0.0724 e. The molecule has 1 saturated heterocycles. The van der Waals surface area contributed by atoms with E-state index in [2.05, 4.69) is 15.3 Å². The van der Waals surface area contributed by atoms with Gasteiger partial charge in [-0.05, 0) is 12.2 Å². The summed E-state index contributed by atoms with van der Waals surface area (Å²) in [5.41, 5.74) is 1.03. The zero-order valence-corrected chi connectivity index (χ0v) is 8.26. The molecule has 4 heteroatoms. The zero-order chi connectivity index (χ0) is 8.93. The van der Waals surface area contributed by atoms with E-state index in [-0.39, 0.29) is 0 Å². The van der Waals surface area contributed by atoms with Crippen molar-refractivity contribution in [3.63, 3.8) is 0 Å². The molecule has 0 bridgehead atoms. The van der Waals surface area contributed by atoms with Gasteiger partial charge in [-0.2, -0.15) is 11.8 Å². The van der Waals surface area contributed by atoms with Crippen LogP contribution < -0.4 is 5.32 Å². The number of thioether (sulfide) groups is 1. The van der Waals surface area contributed by atoms with Gasteiger partial charge in [0.2, 0.25) is 0 Å². The maximum atomic E-state index is 4.21. The minimum absolute atomic E-state index is 0.673. The molecule has 2 rings (SSSR count). The van der Waals surface area contributed by atoms with Crippen LogP contribution >= 0.6 is 11.8 Å². The van der Waals surface area contributed by atoms with E-state index in [1.807, 2.05) is 18.0 Å². The largest absolute Gasteiger partial charge is 0.307 e. The van der Waals surface area contributed by atoms with Gasteiger partial charge in [0, 0.05) is 36.9 Å². The molecule has 3 nitrogen and oxygen atoms in total. The highest BCUT2D eigenvalue weighted by Gasteiger charge is 2.14. The average molecular weight is 195 g/mol. The van der Waals surface area contributed by atoms with Crippen molar-refractivity contribution >= 4 is 11.8 Å². The quantitative estimate of drug-likeness (QED) is 0.783. The van der Waals surface area contributed by atoms with Gasteiger partial charge in [-0.1, -0.05) is 0 Å². The topological polar surface area (TPSA) is 37.8 Å². The highest BCUT2D eigenvalue weighted by molar-refractivity contribution is 7.99. The van der Waals surface area contributed by atoms with E-state index in [0.29, 0.717) is 6.04 Å². The van der Waals surface area contributed by atoms with Gasteiger partial charge in [-0.3, -0.25) is 9.97 Å². The fourth-order valence-electron chi connectivity index (χ4n) is 1.37. The average Bonchev–Trinajstić information content (AvgIpc) is 2.69. The molecule has 1 fully saturated rings. The molecule has 13 heavy (non-hydrogen) atoms. The van der Waals surface area contributed by atoms with E-state index in [9.17, 15) is 0 Å². The molecule has 0 spiro atoms. The normalized spacial score (nSPS) is 22.0. The Morgan fingerprint density at radius 1 is 1.54 bits per heavy atom. The minimum atomic E-state index is 0.673. The highest BCUT2D eigenvalue weighted by Crippen LogP contribution is 2.17. The van der Waals surface area contributed by atoms with Crippen LogP contribution in [0.25, 0.3) is 0 Å². The van der Waals surface area contributed by atoms with Gasteiger partial charge in [-0.25, -0.2) is 0 Å². The summed E-state index contributed by atoms with van der Waals surface area (Å²) in [7, 11) is 0. The fourth-order valence-corrected chi connectivity index (χ4v) is 2.55. The van der Waals surface area contributed by atoms with Crippen molar-refractivity contribution in [2.75, 3.05) is 11.5 Å². The SMILES string of the molecule is c1cnc(CNC2CCSC2)cn1. The summed E-state index contributed by atoms with van der Waals surface area (Å²) in [4.78, 5) is 8.23. The lowest BCUT2D eigenvalue weighted by atomic mass is 10.2. The summed E-state index contributed by atoms with van der Waals surface area (Å²) < 4.78 is 0. The van der Waals surface area contributed by atoms with E-state index in [0.717, 1.165) is 12.2 Å². The lowest BCUT2D eigenvalue weighted by Crippen LogP contribution is -2.28. The van der Waals surface area contributed by atoms with Crippen molar-refractivity contribution in [3.05, 3.63) is 24.3 Å². The Kier molecular flexibility index (Phi) is 3.16. The molecule has 0 aromatic carbocycles. The summed E-state index contributed by atoms with van der Waals surface area (Å²) in [6, 6.07) is 0.673. The first-order chi connectivity index (χ1) is 6.45.